The molecule has 2 amide bonds. The summed E-state index contributed by atoms with van der Waals surface area (Å²) in [7, 11) is 0. The van der Waals surface area contributed by atoms with Crippen LogP contribution >= 0.6 is 11.3 Å². The van der Waals surface area contributed by atoms with Crippen molar-refractivity contribution in [3.63, 3.8) is 0 Å². The first-order chi connectivity index (χ1) is 13.0. The van der Waals surface area contributed by atoms with E-state index in [1.807, 2.05) is 12.2 Å². The second kappa shape index (κ2) is 7.46. The van der Waals surface area contributed by atoms with Crippen molar-refractivity contribution in [2.45, 2.75) is 44.6 Å². The average Bonchev–Trinajstić information content (AvgIpc) is 3.33. The summed E-state index contributed by atoms with van der Waals surface area (Å²) in [5.41, 5.74) is 0.462. The molecule has 2 fully saturated rings. The molecule has 0 radical (unpaired) electrons. The first kappa shape index (κ1) is 18.2. The van der Waals surface area contributed by atoms with Crippen LogP contribution in [0.2, 0.25) is 0 Å². The zero-order valence-electron chi connectivity index (χ0n) is 15.0. The van der Waals surface area contributed by atoms with Crippen molar-refractivity contribution in [2.75, 3.05) is 5.32 Å². The number of amides is 2. The van der Waals surface area contributed by atoms with Crippen molar-refractivity contribution in [1.82, 2.24) is 5.32 Å². The number of fused-ring (bicyclic) bond motifs is 2. The van der Waals surface area contributed by atoms with Gasteiger partial charge >= 0.3 is 5.97 Å². The van der Waals surface area contributed by atoms with Gasteiger partial charge in [0.2, 0.25) is 5.91 Å². The van der Waals surface area contributed by atoms with E-state index >= 15 is 0 Å². The molecule has 7 heteroatoms. The summed E-state index contributed by atoms with van der Waals surface area (Å²) >= 11 is 1.30. The van der Waals surface area contributed by atoms with Crippen molar-refractivity contribution >= 4 is 34.1 Å². The van der Waals surface area contributed by atoms with Crippen LogP contribution in [-0.2, 0) is 9.59 Å². The maximum absolute atomic E-state index is 13.0. The fourth-order valence-electron chi connectivity index (χ4n) is 4.80. The normalized spacial score (nSPS) is 29.6. The zero-order chi connectivity index (χ0) is 19.0. The number of anilines is 1. The Labute approximate surface area is 162 Å². The van der Waals surface area contributed by atoms with Gasteiger partial charge in [-0.2, -0.15) is 0 Å². The number of carbonyl (C=O) groups excluding carboxylic acids is 2. The number of thiophene rings is 1. The molecule has 3 N–H and O–H groups in total. The topological polar surface area (TPSA) is 95.5 Å². The molecule has 0 aromatic carbocycles. The standard InChI is InChI=1S/C20H24N2O4S/c23-17(21-13-3-1-2-4-13)14-9-10-27-19(14)22-18(24)15-11-5-7-12(8-6-11)16(15)20(25)26/h5,7,9-13,15-16H,1-4,6,8H2,(H,21,23)(H,22,24)(H,25,26)/t11-,12+,15-,16+/m1/s1. The molecule has 27 heavy (non-hydrogen) atoms. The third kappa shape index (κ3) is 3.52. The van der Waals surface area contributed by atoms with E-state index in [1.54, 1.807) is 11.4 Å². The molecule has 0 unspecified atom stereocenters. The third-order valence-corrected chi connectivity index (χ3v) is 7.00. The monoisotopic (exact) mass is 388 g/mol. The highest BCUT2D eigenvalue weighted by Gasteiger charge is 2.48. The molecule has 1 heterocycles. The van der Waals surface area contributed by atoms with Crippen molar-refractivity contribution in [1.29, 1.82) is 0 Å². The molecule has 4 aliphatic rings. The first-order valence-electron chi connectivity index (χ1n) is 9.65. The molecular formula is C20H24N2O4S. The zero-order valence-corrected chi connectivity index (χ0v) is 15.8. The average molecular weight is 388 g/mol. The second-order valence-electron chi connectivity index (χ2n) is 7.79. The summed E-state index contributed by atoms with van der Waals surface area (Å²) in [5, 5.41) is 17.8. The summed E-state index contributed by atoms with van der Waals surface area (Å²) in [6.45, 7) is 0. The molecule has 0 aliphatic heterocycles. The minimum Gasteiger partial charge on any atom is -0.481 e. The molecule has 1 aromatic rings. The number of hydrogen-bond acceptors (Lipinski definition) is 4. The van der Waals surface area contributed by atoms with Gasteiger partial charge in [0.1, 0.15) is 5.00 Å². The van der Waals surface area contributed by atoms with E-state index < -0.39 is 17.8 Å². The Balaban J connectivity index is 1.48. The number of carboxylic acid groups (broad SMARTS) is 1. The number of aliphatic carboxylic acids is 1. The maximum Gasteiger partial charge on any atom is 0.307 e. The highest BCUT2D eigenvalue weighted by molar-refractivity contribution is 7.14. The number of carbonyl (C=O) groups is 3. The molecule has 0 spiro atoms. The molecule has 6 nitrogen and oxygen atoms in total. The lowest BCUT2D eigenvalue weighted by Gasteiger charge is -2.41. The first-order valence-corrected chi connectivity index (χ1v) is 10.5. The summed E-state index contributed by atoms with van der Waals surface area (Å²) in [6, 6.07) is 1.92. The van der Waals surface area contributed by atoms with Crippen LogP contribution in [0.3, 0.4) is 0 Å². The molecule has 2 bridgehead atoms. The van der Waals surface area contributed by atoms with Gasteiger partial charge in [0.15, 0.2) is 0 Å². The van der Waals surface area contributed by atoms with E-state index in [4.69, 9.17) is 0 Å². The second-order valence-corrected chi connectivity index (χ2v) is 8.70. The van der Waals surface area contributed by atoms with Crippen molar-refractivity contribution in [2.24, 2.45) is 23.7 Å². The van der Waals surface area contributed by atoms with Gasteiger partial charge in [-0.3, -0.25) is 14.4 Å². The fraction of sp³-hybridized carbons (Fsp3) is 0.550. The number of nitrogens with one attached hydrogen (secondary N) is 2. The maximum atomic E-state index is 13.0. The number of rotatable bonds is 5. The summed E-state index contributed by atoms with van der Waals surface area (Å²) in [5.74, 6) is -2.79. The number of carboxylic acids is 1. The lowest BCUT2D eigenvalue weighted by molar-refractivity contribution is -0.151. The largest absolute Gasteiger partial charge is 0.481 e. The van der Waals surface area contributed by atoms with E-state index in [-0.39, 0.29) is 29.7 Å². The van der Waals surface area contributed by atoms with Gasteiger partial charge in [0.25, 0.3) is 5.91 Å². The van der Waals surface area contributed by atoms with Crippen LogP contribution in [-0.4, -0.2) is 28.9 Å². The Hall–Kier alpha value is -2.15. The quantitative estimate of drug-likeness (QED) is 0.675. The minimum absolute atomic E-state index is 0.0492. The molecule has 0 saturated heterocycles. The van der Waals surface area contributed by atoms with Crippen molar-refractivity contribution in [3.8, 4) is 0 Å². The molecule has 144 valence electrons. The Bertz CT molecular complexity index is 781. The van der Waals surface area contributed by atoms with Crippen molar-refractivity contribution in [3.05, 3.63) is 29.2 Å². The Morgan fingerprint density at radius 2 is 1.67 bits per heavy atom. The molecule has 4 atom stereocenters. The van der Waals surface area contributed by atoms with Crippen LogP contribution in [0.4, 0.5) is 5.00 Å². The van der Waals surface area contributed by atoms with Gasteiger partial charge in [-0.05, 0) is 49.0 Å². The number of allylic oxidation sites excluding steroid dienone is 2. The minimum atomic E-state index is -0.917. The molecule has 2 saturated carbocycles. The van der Waals surface area contributed by atoms with Gasteiger partial charge in [-0.25, -0.2) is 0 Å². The Morgan fingerprint density at radius 1 is 1.00 bits per heavy atom. The SMILES string of the molecule is O=C(NC1CCCC1)c1ccsc1NC(=O)[C@H]1[C@@H](C(=O)O)[C@H]2C=C[C@@H]1CC2. The van der Waals surface area contributed by atoms with Crippen molar-refractivity contribution < 1.29 is 19.5 Å². The van der Waals surface area contributed by atoms with Crippen LogP contribution in [0.25, 0.3) is 0 Å². The van der Waals surface area contributed by atoms with E-state index in [9.17, 15) is 19.5 Å². The van der Waals surface area contributed by atoms with Crippen LogP contribution < -0.4 is 10.6 Å². The van der Waals surface area contributed by atoms with Crippen LogP contribution in [0.15, 0.2) is 23.6 Å². The van der Waals surface area contributed by atoms with Crippen LogP contribution in [0.1, 0.15) is 48.9 Å². The lowest BCUT2D eigenvalue weighted by Crippen LogP contribution is -2.47. The van der Waals surface area contributed by atoms with Crippen LogP contribution in [0.5, 0.6) is 0 Å². The van der Waals surface area contributed by atoms with E-state index in [1.165, 1.54) is 11.3 Å². The fourth-order valence-corrected chi connectivity index (χ4v) is 5.59. The summed E-state index contributed by atoms with van der Waals surface area (Å²) in [6.07, 6.45) is 9.84. The number of hydrogen-bond donors (Lipinski definition) is 3. The molecule has 5 rings (SSSR count). The van der Waals surface area contributed by atoms with Gasteiger partial charge in [0, 0.05) is 6.04 Å². The van der Waals surface area contributed by atoms with Gasteiger partial charge in [-0.1, -0.05) is 25.0 Å². The van der Waals surface area contributed by atoms with E-state index in [0.717, 1.165) is 38.5 Å². The third-order valence-electron chi connectivity index (χ3n) is 6.17. The van der Waals surface area contributed by atoms with E-state index in [0.29, 0.717) is 10.6 Å². The van der Waals surface area contributed by atoms with Gasteiger partial charge in [-0.15, -0.1) is 11.3 Å². The van der Waals surface area contributed by atoms with E-state index in [2.05, 4.69) is 10.6 Å². The van der Waals surface area contributed by atoms with Gasteiger partial charge in [0.05, 0.1) is 17.4 Å². The summed E-state index contributed by atoms with van der Waals surface area (Å²) in [4.78, 5) is 37.3. The molecule has 4 aliphatic carbocycles. The van der Waals surface area contributed by atoms with Gasteiger partial charge < -0.3 is 15.7 Å². The predicted molar refractivity (Wildman–Crippen MR) is 103 cm³/mol. The Morgan fingerprint density at radius 3 is 2.30 bits per heavy atom. The predicted octanol–water partition coefficient (Wildman–Crippen LogP) is 3.27. The Kier molecular flexibility index (Phi) is 5.04. The highest BCUT2D eigenvalue weighted by Crippen LogP contribution is 2.45. The molecule has 1 aromatic heterocycles. The van der Waals surface area contributed by atoms with Crippen LogP contribution in [0, 0.1) is 23.7 Å². The summed E-state index contributed by atoms with van der Waals surface area (Å²) < 4.78 is 0. The molecular weight excluding hydrogens is 364 g/mol. The highest BCUT2D eigenvalue weighted by atomic mass is 32.1. The smallest absolute Gasteiger partial charge is 0.307 e. The lowest BCUT2D eigenvalue weighted by atomic mass is 9.62.